The molecule has 1 aliphatic carbocycles. The molecule has 1 N–H and O–H groups in total. The summed E-state index contributed by atoms with van der Waals surface area (Å²) in [4.78, 5) is 18.5. The molecule has 0 aromatic carbocycles. The van der Waals surface area contributed by atoms with E-state index in [9.17, 15) is 9.90 Å². The van der Waals surface area contributed by atoms with Gasteiger partial charge in [-0.05, 0) is 82.1 Å². The number of rotatable bonds is 15. The number of aliphatic hydroxyl groups is 1. The fraction of sp³-hybridized carbons (Fsp3) is 0.630. The third kappa shape index (κ3) is 11.2. The lowest BCUT2D eigenvalue weighted by Crippen LogP contribution is -2.28. The van der Waals surface area contributed by atoms with Crippen molar-refractivity contribution in [3.05, 3.63) is 46.4 Å². The highest BCUT2D eigenvalue weighted by Gasteiger charge is 2.33. The molecule has 0 radical (unpaired) electrons. The van der Waals surface area contributed by atoms with Gasteiger partial charge in [0.25, 0.3) is 0 Å². The molecule has 34 heavy (non-hydrogen) atoms. The van der Waals surface area contributed by atoms with Crippen LogP contribution in [-0.4, -0.2) is 41.3 Å². The van der Waals surface area contributed by atoms with Crippen LogP contribution in [0.2, 0.25) is 0 Å². The average Bonchev–Trinajstić information content (AvgIpc) is 2.77. The van der Waals surface area contributed by atoms with Crippen molar-refractivity contribution in [3.63, 3.8) is 0 Å². The molecule has 7 heteroatoms. The van der Waals surface area contributed by atoms with E-state index < -0.39 is 0 Å². The van der Waals surface area contributed by atoms with Crippen molar-refractivity contribution in [2.75, 3.05) is 18.6 Å². The minimum absolute atomic E-state index is 0.0332. The largest absolute Gasteiger partial charge is 0.511 e. The van der Waals surface area contributed by atoms with Gasteiger partial charge < -0.3 is 14.7 Å². The Labute approximate surface area is 215 Å². The zero-order valence-electron chi connectivity index (χ0n) is 21.6. The first-order valence-electron chi connectivity index (χ1n) is 12.2. The summed E-state index contributed by atoms with van der Waals surface area (Å²) in [6, 6.07) is 0. The van der Waals surface area contributed by atoms with E-state index in [0.29, 0.717) is 47.3 Å². The molecule has 0 amide bonds. The standard InChI is InChI=1S/C27H42ClNO4S/c1-7-10-23(28)14-13-20(4)33-21(5)18-32-29-24(11-8-2)27-25(30)16-22(17-26(27)31)19(3)12-9-15-34-6/h7,10,13-14,19,21-22,30H,8-9,11-12,15-18H2,1-6H3/b10-7-,20-13+,23-14+,29-24+. The molecule has 192 valence electrons. The molecule has 1 rings (SSSR count). The molecule has 1 aliphatic rings. The van der Waals surface area contributed by atoms with E-state index >= 15 is 0 Å². The van der Waals surface area contributed by atoms with Crippen LogP contribution in [0.5, 0.6) is 0 Å². The molecule has 0 fully saturated rings. The highest BCUT2D eigenvalue weighted by molar-refractivity contribution is 7.98. The minimum atomic E-state index is -0.243. The zero-order chi connectivity index (χ0) is 25.5. The van der Waals surface area contributed by atoms with Gasteiger partial charge in [0.1, 0.15) is 11.9 Å². The predicted molar refractivity (Wildman–Crippen MR) is 146 cm³/mol. The van der Waals surface area contributed by atoms with Crippen molar-refractivity contribution in [3.8, 4) is 0 Å². The highest BCUT2D eigenvalue weighted by atomic mass is 35.5. The van der Waals surface area contributed by atoms with Crippen LogP contribution in [0.15, 0.2) is 51.6 Å². The number of oxime groups is 1. The van der Waals surface area contributed by atoms with E-state index in [4.69, 9.17) is 21.2 Å². The summed E-state index contributed by atoms with van der Waals surface area (Å²) in [5, 5.41) is 15.6. The van der Waals surface area contributed by atoms with Gasteiger partial charge in [0.2, 0.25) is 0 Å². The summed E-state index contributed by atoms with van der Waals surface area (Å²) in [6.45, 7) is 10.1. The summed E-state index contributed by atoms with van der Waals surface area (Å²) in [5.74, 6) is 2.54. The number of thioether (sulfide) groups is 1. The Bertz CT molecular complexity index is 800. The first-order valence-corrected chi connectivity index (χ1v) is 14.0. The summed E-state index contributed by atoms with van der Waals surface area (Å²) in [6.07, 6.45) is 13.6. The smallest absolute Gasteiger partial charge is 0.168 e. The Morgan fingerprint density at radius 2 is 2.06 bits per heavy atom. The van der Waals surface area contributed by atoms with E-state index in [1.807, 2.05) is 45.5 Å². The third-order valence-corrected chi connectivity index (χ3v) is 6.68. The third-order valence-electron chi connectivity index (χ3n) is 5.73. The molecule has 0 spiro atoms. The lowest BCUT2D eigenvalue weighted by atomic mass is 9.77. The Morgan fingerprint density at radius 1 is 1.32 bits per heavy atom. The van der Waals surface area contributed by atoms with Gasteiger partial charge >= 0.3 is 0 Å². The van der Waals surface area contributed by atoms with Crippen LogP contribution < -0.4 is 0 Å². The Balaban J connectivity index is 2.78. The molecule has 0 heterocycles. The molecule has 0 saturated heterocycles. The summed E-state index contributed by atoms with van der Waals surface area (Å²) < 4.78 is 5.80. The molecule has 3 unspecified atom stereocenters. The maximum absolute atomic E-state index is 13.0. The number of nitrogens with zero attached hydrogens (tertiary/aromatic N) is 1. The molecule has 3 atom stereocenters. The number of ether oxygens (including phenoxy) is 1. The number of halogens is 1. The van der Waals surface area contributed by atoms with Crippen molar-refractivity contribution < 1.29 is 19.5 Å². The van der Waals surface area contributed by atoms with Crippen LogP contribution >= 0.6 is 23.4 Å². The molecule has 5 nitrogen and oxygen atoms in total. The SMILES string of the molecule is C\C=C/C(Cl)=C\C=C(/C)OC(C)CO/N=C(\CCC)C1=C(O)CC(C(C)CCCSC)CC1=O. The van der Waals surface area contributed by atoms with Crippen LogP contribution in [-0.2, 0) is 14.4 Å². The van der Waals surface area contributed by atoms with Crippen LogP contribution in [0.4, 0.5) is 0 Å². The average molecular weight is 512 g/mol. The van der Waals surface area contributed by atoms with Crippen LogP contribution in [0.1, 0.15) is 73.1 Å². The number of allylic oxidation sites excluding steroid dienone is 8. The lowest BCUT2D eigenvalue weighted by molar-refractivity contribution is -0.117. The molecular formula is C27H42ClNO4S. The van der Waals surface area contributed by atoms with E-state index in [-0.39, 0.29) is 30.2 Å². The van der Waals surface area contributed by atoms with Crippen molar-refractivity contribution in [2.45, 2.75) is 79.2 Å². The maximum atomic E-state index is 13.0. The van der Waals surface area contributed by atoms with Crippen LogP contribution in [0.3, 0.4) is 0 Å². The molecule has 0 aromatic rings. The summed E-state index contributed by atoms with van der Waals surface area (Å²) in [7, 11) is 0. The monoisotopic (exact) mass is 511 g/mol. The molecule has 0 aliphatic heterocycles. The van der Waals surface area contributed by atoms with Crippen LogP contribution in [0.25, 0.3) is 0 Å². The van der Waals surface area contributed by atoms with E-state index in [1.165, 1.54) is 0 Å². The van der Waals surface area contributed by atoms with Crippen LogP contribution in [0, 0.1) is 11.8 Å². The van der Waals surface area contributed by atoms with Crippen molar-refractivity contribution in [2.24, 2.45) is 17.0 Å². The zero-order valence-corrected chi connectivity index (χ0v) is 23.2. The Hall–Kier alpha value is -1.66. The molecule has 0 bridgehead atoms. The number of carbonyl (C=O) groups excluding carboxylic acids is 1. The predicted octanol–water partition coefficient (Wildman–Crippen LogP) is 7.74. The van der Waals surface area contributed by atoms with E-state index in [2.05, 4.69) is 18.3 Å². The van der Waals surface area contributed by atoms with Gasteiger partial charge in [0.05, 0.1) is 17.0 Å². The lowest BCUT2D eigenvalue weighted by Gasteiger charge is -2.28. The van der Waals surface area contributed by atoms with Gasteiger partial charge in [0.15, 0.2) is 12.4 Å². The fourth-order valence-electron chi connectivity index (χ4n) is 3.91. The maximum Gasteiger partial charge on any atom is 0.168 e. The minimum Gasteiger partial charge on any atom is -0.511 e. The van der Waals surface area contributed by atoms with Crippen molar-refractivity contribution in [1.29, 1.82) is 0 Å². The highest BCUT2D eigenvalue weighted by Crippen LogP contribution is 2.34. The van der Waals surface area contributed by atoms with Crippen molar-refractivity contribution >= 4 is 34.9 Å². The molecule has 0 aromatic heterocycles. The number of hydrogen-bond donors (Lipinski definition) is 1. The van der Waals surface area contributed by atoms with Crippen molar-refractivity contribution in [1.82, 2.24) is 0 Å². The topological polar surface area (TPSA) is 68.1 Å². The first kappa shape index (κ1) is 30.4. The molecular weight excluding hydrogens is 470 g/mol. The first-order chi connectivity index (χ1) is 16.2. The van der Waals surface area contributed by atoms with E-state index in [1.54, 1.807) is 18.2 Å². The number of hydrogen-bond acceptors (Lipinski definition) is 6. The fourth-order valence-corrected chi connectivity index (χ4v) is 4.56. The van der Waals surface area contributed by atoms with Gasteiger partial charge in [-0.15, -0.1) is 0 Å². The second-order valence-electron chi connectivity index (χ2n) is 8.87. The van der Waals surface area contributed by atoms with Gasteiger partial charge in [-0.1, -0.05) is 43.1 Å². The number of aliphatic hydroxyl groups excluding tert-OH is 1. The van der Waals surface area contributed by atoms with Gasteiger partial charge in [-0.25, -0.2) is 0 Å². The number of Topliss-reactive ketones (excluding diaryl/α,β-unsaturated/α-hetero) is 1. The normalized spacial score (nSPS) is 20.1. The van der Waals surface area contributed by atoms with Gasteiger partial charge in [-0.3, -0.25) is 4.79 Å². The summed E-state index contributed by atoms with van der Waals surface area (Å²) in [5.41, 5.74) is 0.877. The summed E-state index contributed by atoms with van der Waals surface area (Å²) >= 11 is 7.88. The Morgan fingerprint density at radius 3 is 2.68 bits per heavy atom. The Kier molecular flexibility index (Phi) is 15.1. The number of ketones is 1. The second-order valence-corrected chi connectivity index (χ2v) is 10.3. The second kappa shape index (κ2) is 16.9. The van der Waals surface area contributed by atoms with E-state index in [0.717, 1.165) is 25.0 Å². The van der Waals surface area contributed by atoms with Gasteiger partial charge in [0, 0.05) is 17.9 Å². The number of carbonyl (C=O) groups is 1. The van der Waals surface area contributed by atoms with Gasteiger partial charge in [-0.2, -0.15) is 11.8 Å². The quantitative estimate of drug-likeness (QED) is 0.0800. The molecule has 0 saturated carbocycles.